The summed E-state index contributed by atoms with van der Waals surface area (Å²) in [5.74, 6) is -0.313. The normalized spacial score (nSPS) is 17.4. The van der Waals surface area contributed by atoms with Crippen LogP contribution >= 0.6 is 11.6 Å². The van der Waals surface area contributed by atoms with E-state index in [1.165, 1.54) is 0 Å². The van der Waals surface area contributed by atoms with E-state index < -0.39 is 0 Å². The monoisotopic (exact) mass is 366 g/mol. The maximum atomic E-state index is 12.3. The Morgan fingerprint density at radius 3 is 2.52 bits per heavy atom. The number of likely N-dealkylation sites (N-methyl/N-ethyl adjacent to an activating group) is 1. The number of nitrogens with zero attached hydrogens (tertiary/aromatic N) is 2. The van der Waals surface area contributed by atoms with Gasteiger partial charge in [0.05, 0.1) is 12.6 Å². The van der Waals surface area contributed by atoms with Crippen LogP contribution in [0.1, 0.15) is 24.4 Å². The number of hydrogen-bond donors (Lipinski definition) is 2. The second kappa shape index (κ2) is 9.17. The van der Waals surface area contributed by atoms with Gasteiger partial charge >= 0.3 is 0 Å². The standard InChI is InChI=1S/C18H27ClN4O2/c1-22(2)16(14-5-3-4-6-15(14)19)11-21-17(24)12-23-9-7-13(8-10-23)18(20)25/h3-6,13,16H,7-12H2,1-2H3,(H2,20,25)(H,21,24)/t16-/m0/s1. The van der Waals surface area contributed by atoms with Crippen LogP contribution in [-0.4, -0.2) is 61.9 Å². The maximum absolute atomic E-state index is 12.3. The minimum absolute atomic E-state index is 0.0123. The largest absolute Gasteiger partial charge is 0.369 e. The highest BCUT2D eigenvalue weighted by Crippen LogP contribution is 2.25. The van der Waals surface area contributed by atoms with Gasteiger partial charge in [0.15, 0.2) is 0 Å². The van der Waals surface area contributed by atoms with E-state index in [0.29, 0.717) is 18.1 Å². The Balaban J connectivity index is 1.84. The number of piperidine rings is 1. The van der Waals surface area contributed by atoms with Gasteiger partial charge in [-0.15, -0.1) is 0 Å². The summed E-state index contributed by atoms with van der Waals surface area (Å²) in [5, 5.41) is 3.70. The number of nitrogens with one attached hydrogen (secondary N) is 1. The van der Waals surface area contributed by atoms with Gasteiger partial charge in [-0.2, -0.15) is 0 Å². The van der Waals surface area contributed by atoms with Crippen molar-refractivity contribution < 1.29 is 9.59 Å². The van der Waals surface area contributed by atoms with Crippen molar-refractivity contribution in [2.75, 3.05) is 40.3 Å². The van der Waals surface area contributed by atoms with E-state index in [-0.39, 0.29) is 23.8 Å². The minimum Gasteiger partial charge on any atom is -0.369 e. The number of hydrogen-bond acceptors (Lipinski definition) is 4. The highest BCUT2D eigenvalue weighted by atomic mass is 35.5. The van der Waals surface area contributed by atoms with E-state index in [9.17, 15) is 9.59 Å². The zero-order valence-electron chi connectivity index (χ0n) is 14.9. The molecule has 1 aliphatic rings. The Bertz CT molecular complexity index is 600. The van der Waals surface area contributed by atoms with E-state index in [1.807, 2.05) is 43.3 Å². The number of benzene rings is 1. The molecule has 1 aromatic carbocycles. The molecule has 6 nitrogen and oxygen atoms in total. The summed E-state index contributed by atoms with van der Waals surface area (Å²) >= 11 is 6.29. The molecular formula is C18H27ClN4O2. The van der Waals surface area contributed by atoms with E-state index >= 15 is 0 Å². The van der Waals surface area contributed by atoms with E-state index in [2.05, 4.69) is 10.2 Å². The highest BCUT2D eigenvalue weighted by molar-refractivity contribution is 6.31. The molecule has 7 heteroatoms. The molecule has 1 saturated heterocycles. The van der Waals surface area contributed by atoms with Crippen LogP contribution in [0.4, 0.5) is 0 Å². The van der Waals surface area contributed by atoms with Gasteiger partial charge in [0.25, 0.3) is 0 Å². The number of likely N-dealkylation sites (tertiary alicyclic amines) is 1. The third-order valence-corrected chi connectivity index (χ3v) is 5.08. The molecule has 25 heavy (non-hydrogen) atoms. The lowest BCUT2D eigenvalue weighted by Crippen LogP contribution is -2.45. The number of halogens is 1. The van der Waals surface area contributed by atoms with Crippen LogP contribution < -0.4 is 11.1 Å². The molecular weight excluding hydrogens is 340 g/mol. The predicted molar refractivity (Wildman–Crippen MR) is 99.2 cm³/mol. The predicted octanol–water partition coefficient (Wildman–Crippen LogP) is 1.26. The van der Waals surface area contributed by atoms with Gasteiger partial charge in [0.1, 0.15) is 0 Å². The average Bonchev–Trinajstić information content (AvgIpc) is 2.56. The molecule has 138 valence electrons. The molecule has 2 amide bonds. The molecule has 3 N–H and O–H groups in total. The van der Waals surface area contributed by atoms with Gasteiger partial charge in [0.2, 0.25) is 11.8 Å². The first kappa shape index (κ1) is 19.7. The van der Waals surface area contributed by atoms with Gasteiger partial charge < -0.3 is 16.0 Å². The molecule has 1 heterocycles. The molecule has 1 fully saturated rings. The van der Waals surface area contributed by atoms with Gasteiger partial charge in [-0.1, -0.05) is 29.8 Å². The molecule has 1 atom stereocenters. The molecule has 1 aliphatic heterocycles. The fourth-order valence-electron chi connectivity index (χ4n) is 3.16. The lowest BCUT2D eigenvalue weighted by atomic mass is 9.96. The van der Waals surface area contributed by atoms with Gasteiger partial charge in [-0.3, -0.25) is 14.5 Å². The zero-order chi connectivity index (χ0) is 18.4. The van der Waals surface area contributed by atoms with Crippen molar-refractivity contribution in [3.05, 3.63) is 34.9 Å². The molecule has 0 unspecified atom stereocenters. The van der Waals surface area contributed by atoms with Crippen LogP contribution in [0.5, 0.6) is 0 Å². The van der Waals surface area contributed by atoms with Crippen molar-refractivity contribution in [3.63, 3.8) is 0 Å². The molecule has 0 spiro atoms. The van der Waals surface area contributed by atoms with Crippen LogP contribution in [0.2, 0.25) is 5.02 Å². The van der Waals surface area contributed by atoms with Crippen LogP contribution in [-0.2, 0) is 9.59 Å². The maximum Gasteiger partial charge on any atom is 0.234 e. The first-order chi connectivity index (χ1) is 11.9. The average molecular weight is 367 g/mol. The minimum atomic E-state index is -0.238. The molecule has 1 aromatic rings. The number of primary amides is 1. The second-order valence-electron chi connectivity index (χ2n) is 6.76. The number of carbonyl (C=O) groups is 2. The lowest BCUT2D eigenvalue weighted by molar-refractivity contribution is -0.124. The SMILES string of the molecule is CN(C)[C@@H](CNC(=O)CN1CCC(C(N)=O)CC1)c1ccccc1Cl. The smallest absolute Gasteiger partial charge is 0.234 e. The van der Waals surface area contributed by atoms with Crippen molar-refractivity contribution in [2.24, 2.45) is 11.7 Å². The van der Waals surface area contributed by atoms with Crippen LogP contribution in [0, 0.1) is 5.92 Å². The van der Waals surface area contributed by atoms with Crippen molar-refractivity contribution in [2.45, 2.75) is 18.9 Å². The first-order valence-corrected chi connectivity index (χ1v) is 8.95. The van der Waals surface area contributed by atoms with E-state index in [1.54, 1.807) is 0 Å². The Morgan fingerprint density at radius 1 is 1.32 bits per heavy atom. The Morgan fingerprint density at radius 2 is 1.96 bits per heavy atom. The van der Waals surface area contributed by atoms with Crippen molar-refractivity contribution in [1.82, 2.24) is 15.1 Å². The summed E-state index contributed by atoms with van der Waals surface area (Å²) in [4.78, 5) is 27.6. The molecule has 0 aliphatic carbocycles. The molecule has 0 radical (unpaired) electrons. The highest BCUT2D eigenvalue weighted by Gasteiger charge is 2.24. The third kappa shape index (κ3) is 5.70. The van der Waals surface area contributed by atoms with Crippen LogP contribution in [0.3, 0.4) is 0 Å². The number of nitrogens with two attached hydrogens (primary N) is 1. The summed E-state index contributed by atoms with van der Waals surface area (Å²) in [6.07, 6.45) is 1.45. The Kier molecular flexibility index (Phi) is 7.23. The topological polar surface area (TPSA) is 78.7 Å². The summed E-state index contributed by atoms with van der Waals surface area (Å²) in [6, 6.07) is 7.69. The Hall–Kier alpha value is -1.63. The zero-order valence-corrected chi connectivity index (χ0v) is 15.6. The number of amides is 2. The summed E-state index contributed by atoms with van der Waals surface area (Å²) in [5.41, 5.74) is 6.34. The second-order valence-corrected chi connectivity index (χ2v) is 7.16. The van der Waals surface area contributed by atoms with Gasteiger partial charge in [0, 0.05) is 17.5 Å². The Labute approximate surface area is 154 Å². The van der Waals surface area contributed by atoms with Crippen LogP contribution in [0.15, 0.2) is 24.3 Å². The number of rotatable bonds is 7. The number of carbonyl (C=O) groups excluding carboxylic acids is 2. The van der Waals surface area contributed by atoms with Gasteiger partial charge in [-0.05, 0) is 51.7 Å². The third-order valence-electron chi connectivity index (χ3n) is 4.74. The van der Waals surface area contributed by atoms with Crippen molar-refractivity contribution in [3.8, 4) is 0 Å². The van der Waals surface area contributed by atoms with Crippen molar-refractivity contribution >= 4 is 23.4 Å². The molecule has 2 rings (SSSR count). The van der Waals surface area contributed by atoms with Crippen molar-refractivity contribution in [1.29, 1.82) is 0 Å². The summed E-state index contributed by atoms with van der Waals surface area (Å²) < 4.78 is 0. The fraction of sp³-hybridized carbons (Fsp3) is 0.556. The summed E-state index contributed by atoms with van der Waals surface area (Å²) in [6.45, 7) is 2.28. The molecule has 0 aromatic heterocycles. The first-order valence-electron chi connectivity index (χ1n) is 8.57. The molecule has 0 bridgehead atoms. The molecule has 0 saturated carbocycles. The quantitative estimate of drug-likeness (QED) is 0.761. The fourth-order valence-corrected chi connectivity index (χ4v) is 3.42. The van der Waals surface area contributed by atoms with Gasteiger partial charge in [-0.25, -0.2) is 0 Å². The summed E-state index contributed by atoms with van der Waals surface area (Å²) in [7, 11) is 3.93. The lowest BCUT2D eigenvalue weighted by Gasteiger charge is -2.30. The van der Waals surface area contributed by atoms with E-state index in [4.69, 9.17) is 17.3 Å². The van der Waals surface area contributed by atoms with Crippen LogP contribution in [0.25, 0.3) is 0 Å². The van der Waals surface area contributed by atoms with E-state index in [0.717, 1.165) is 31.5 Å².